The van der Waals surface area contributed by atoms with E-state index in [4.69, 9.17) is 0 Å². The van der Waals surface area contributed by atoms with Crippen molar-refractivity contribution in [3.63, 3.8) is 0 Å². The number of rotatable bonds is 3. The lowest BCUT2D eigenvalue weighted by atomic mass is 9.99. The molecule has 2 atom stereocenters. The van der Waals surface area contributed by atoms with E-state index in [2.05, 4.69) is 43.2 Å². The van der Waals surface area contributed by atoms with Crippen LogP contribution < -0.4 is 11.2 Å². The Labute approximate surface area is 169 Å². The number of hydrogen-bond acceptors (Lipinski definition) is 5. The molecule has 1 saturated carbocycles. The smallest absolute Gasteiger partial charge is 0.313 e. The van der Waals surface area contributed by atoms with Crippen LogP contribution in [-0.4, -0.2) is 29.5 Å². The Bertz CT molecular complexity index is 1540. The van der Waals surface area contributed by atoms with Crippen molar-refractivity contribution >= 4 is 16.4 Å². The predicted octanol–water partition coefficient (Wildman–Crippen LogP) is 2.59. The van der Waals surface area contributed by atoms with Gasteiger partial charge in [0.2, 0.25) is 0 Å². The number of benzene rings is 1. The van der Waals surface area contributed by atoms with Gasteiger partial charge in [0.15, 0.2) is 5.65 Å². The van der Waals surface area contributed by atoms with E-state index in [-0.39, 0.29) is 5.92 Å². The van der Waals surface area contributed by atoms with Gasteiger partial charge in [0.1, 0.15) is 0 Å². The van der Waals surface area contributed by atoms with E-state index in [9.17, 15) is 9.59 Å². The minimum absolute atomic E-state index is 0.268. The SMILES string of the molecule is O=c1[nH]cc(-c2cc([C@H]3C[C@@H]3c3cccc4ccncc34)c3nccn3n2)c(=O)[nH]1. The van der Waals surface area contributed by atoms with Gasteiger partial charge < -0.3 is 4.98 Å². The first-order chi connectivity index (χ1) is 14.7. The molecule has 4 aromatic heterocycles. The van der Waals surface area contributed by atoms with Gasteiger partial charge >= 0.3 is 5.69 Å². The zero-order chi connectivity index (χ0) is 20.2. The summed E-state index contributed by atoms with van der Waals surface area (Å²) in [5, 5.41) is 6.86. The number of imidazole rings is 1. The molecule has 2 N–H and O–H groups in total. The van der Waals surface area contributed by atoms with E-state index in [1.165, 1.54) is 22.5 Å². The van der Waals surface area contributed by atoms with Crippen LogP contribution in [0.3, 0.4) is 0 Å². The topological polar surface area (TPSA) is 109 Å². The van der Waals surface area contributed by atoms with Crippen LogP contribution in [-0.2, 0) is 0 Å². The van der Waals surface area contributed by atoms with E-state index in [0.29, 0.717) is 17.2 Å². The lowest BCUT2D eigenvalue weighted by Gasteiger charge is -2.09. The van der Waals surface area contributed by atoms with Crippen LogP contribution in [0.15, 0.2) is 70.9 Å². The summed E-state index contributed by atoms with van der Waals surface area (Å²) in [6.07, 6.45) is 9.58. The zero-order valence-corrected chi connectivity index (χ0v) is 15.7. The molecule has 1 aromatic carbocycles. The van der Waals surface area contributed by atoms with E-state index in [1.807, 2.05) is 18.3 Å². The number of fused-ring (bicyclic) bond motifs is 2. The molecule has 8 heteroatoms. The fraction of sp³-hybridized carbons (Fsp3) is 0.136. The third-order valence-corrected chi connectivity index (χ3v) is 5.79. The van der Waals surface area contributed by atoms with E-state index >= 15 is 0 Å². The average Bonchev–Trinajstić information content (AvgIpc) is 3.40. The molecule has 1 fully saturated rings. The molecule has 1 aliphatic rings. The second-order valence-electron chi connectivity index (χ2n) is 7.56. The summed E-state index contributed by atoms with van der Waals surface area (Å²) in [4.78, 5) is 37.2. The molecule has 4 heterocycles. The summed E-state index contributed by atoms with van der Waals surface area (Å²) in [7, 11) is 0. The van der Waals surface area contributed by atoms with Gasteiger partial charge in [-0.1, -0.05) is 18.2 Å². The molecule has 0 spiro atoms. The Morgan fingerprint density at radius 1 is 1.07 bits per heavy atom. The Kier molecular flexibility index (Phi) is 3.49. The normalized spacial score (nSPS) is 18.1. The van der Waals surface area contributed by atoms with Crippen molar-refractivity contribution in [2.24, 2.45) is 0 Å². The molecule has 0 bridgehead atoms. The molecule has 0 radical (unpaired) electrons. The zero-order valence-electron chi connectivity index (χ0n) is 15.7. The molecular weight excluding hydrogens is 380 g/mol. The van der Waals surface area contributed by atoms with Crippen LogP contribution in [0, 0.1) is 0 Å². The van der Waals surface area contributed by atoms with Crippen molar-refractivity contribution in [3.8, 4) is 11.3 Å². The highest BCUT2D eigenvalue weighted by atomic mass is 16.2. The summed E-state index contributed by atoms with van der Waals surface area (Å²) in [5.41, 5.74) is 2.91. The molecule has 30 heavy (non-hydrogen) atoms. The van der Waals surface area contributed by atoms with Crippen molar-refractivity contribution in [1.82, 2.24) is 29.5 Å². The molecule has 6 rings (SSSR count). The summed E-state index contributed by atoms with van der Waals surface area (Å²) in [6, 6.07) is 10.3. The monoisotopic (exact) mass is 396 g/mol. The summed E-state index contributed by atoms with van der Waals surface area (Å²) in [5.74, 6) is 0.617. The average molecular weight is 396 g/mol. The van der Waals surface area contributed by atoms with Gasteiger partial charge in [0.05, 0.1) is 11.3 Å². The van der Waals surface area contributed by atoms with E-state index < -0.39 is 11.2 Å². The van der Waals surface area contributed by atoms with Gasteiger partial charge in [-0.05, 0) is 41.3 Å². The predicted molar refractivity (Wildman–Crippen MR) is 112 cm³/mol. The number of pyridine rings is 1. The number of aromatic nitrogens is 6. The number of H-pyrrole nitrogens is 2. The first kappa shape index (κ1) is 16.8. The van der Waals surface area contributed by atoms with Gasteiger partial charge in [0.25, 0.3) is 5.56 Å². The highest BCUT2D eigenvalue weighted by Crippen LogP contribution is 2.56. The Hall–Kier alpha value is -4.07. The van der Waals surface area contributed by atoms with Crippen LogP contribution in [0.5, 0.6) is 0 Å². The number of aromatic amines is 2. The van der Waals surface area contributed by atoms with Crippen LogP contribution in [0.1, 0.15) is 29.4 Å². The van der Waals surface area contributed by atoms with E-state index in [0.717, 1.165) is 17.6 Å². The Morgan fingerprint density at radius 3 is 2.87 bits per heavy atom. The van der Waals surface area contributed by atoms with Crippen molar-refractivity contribution < 1.29 is 0 Å². The molecule has 0 amide bonds. The minimum atomic E-state index is -0.542. The third-order valence-electron chi connectivity index (χ3n) is 5.79. The van der Waals surface area contributed by atoms with Crippen molar-refractivity contribution in [2.45, 2.75) is 18.3 Å². The molecule has 146 valence electrons. The maximum Gasteiger partial charge on any atom is 0.325 e. The van der Waals surface area contributed by atoms with Gasteiger partial charge in [-0.3, -0.25) is 14.8 Å². The quantitative estimate of drug-likeness (QED) is 0.487. The first-order valence-corrected chi connectivity index (χ1v) is 9.68. The maximum absolute atomic E-state index is 12.3. The summed E-state index contributed by atoms with van der Waals surface area (Å²) < 4.78 is 1.69. The van der Waals surface area contributed by atoms with Crippen molar-refractivity contribution in [1.29, 1.82) is 0 Å². The first-order valence-electron chi connectivity index (χ1n) is 9.68. The van der Waals surface area contributed by atoms with Crippen LogP contribution >= 0.6 is 0 Å². The third kappa shape index (κ3) is 2.57. The molecule has 0 unspecified atom stereocenters. The largest absolute Gasteiger partial charge is 0.325 e. The molecule has 8 nitrogen and oxygen atoms in total. The van der Waals surface area contributed by atoms with Crippen LogP contribution in [0.4, 0.5) is 0 Å². The molecule has 5 aromatic rings. The Morgan fingerprint density at radius 2 is 1.97 bits per heavy atom. The maximum atomic E-state index is 12.3. The standard InChI is InChI=1S/C22H16N6O2/c29-21-18(11-25-22(30)26-21)19-9-16(20-24-6-7-28(20)27-19)15-8-14(15)13-3-1-2-12-4-5-23-10-17(12)13/h1-7,9-11,14-15H,8H2,(H2,25,26,29,30)/t14-,15+/m1/s1. The molecule has 0 saturated heterocycles. The highest BCUT2D eigenvalue weighted by Gasteiger charge is 2.42. The van der Waals surface area contributed by atoms with Crippen LogP contribution in [0.25, 0.3) is 27.7 Å². The number of hydrogen-bond donors (Lipinski definition) is 2. The lowest BCUT2D eigenvalue weighted by Crippen LogP contribution is -2.23. The van der Waals surface area contributed by atoms with Gasteiger partial charge in [0, 0.05) is 41.9 Å². The van der Waals surface area contributed by atoms with Crippen LogP contribution in [0.2, 0.25) is 0 Å². The highest BCUT2D eigenvalue weighted by molar-refractivity contribution is 5.86. The van der Waals surface area contributed by atoms with E-state index in [1.54, 1.807) is 23.1 Å². The van der Waals surface area contributed by atoms with Crippen molar-refractivity contribution in [2.75, 3.05) is 0 Å². The van der Waals surface area contributed by atoms with Gasteiger partial charge in [-0.25, -0.2) is 14.3 Å². The van der Waals surface area contributed by atoms with Crippen molar-refractivity contribution in [3.05, 3.63) is 93.3 Å². The minimum Gasteiger partial charge on any atom is -0.313 e. The number of nitrogens with zero attached hydrogens (tertiary/aromatic N) is 4. The summed E-state index contributed by atoms with van der Waals surface area (Å²) in [6.45, 7) is 0. The fourth-order valence-corrected chi connectivity index (χ4v) is 4.29. The second-order valence-corrected chi connectivity index (χ2v) is 7.56. The fourth-order valence-electron chi connectivity index (χ4n) is 4.29. The Balaban J connectivity index is 1.48. The molecular formula is C22H16N6O2. The lowest BCUT2D eigenvalue weighted by molar-refractivity contribution is 0.906. The second kappa shape index (κ2) is 6.21. The number of nitrogens with one attached hydrogen (secondary N) is 2. The molecule has 0 aliphatic heterocycles. The van der Waals surface area contributed by atoms with Gasteiger partial charge in [-0.2, -0.15) is 5.10 Å². The molecule has 1 aliphatic carbocycles. The summed E-state index contributed by atoms with van der Waals surface area (Å²) >= 11 is 0. The van der Waals surface area contributed by atoms with Gasteiger partial charge in [-0.15, -0.1) is 0 Å².